The van der Waals surface area contributed by atoms with Gasteiger partial charge in [-0.3, -0.25) is 0 Å². The molecular weight excluding hydrogens is 302 g/mol. The Labute approximate surface area is 149 Å². The summed E-state index contributed by atoms with van der Waals surface area (Å²) in [6, 6.07) is 24.0. The van der Waals surface area contributed by atoms with Crippen molar-refractivity contribution >= 4 is 27.8 Å². The summed E-state index contributed by atoms with van der Waals surface area (Å²) in [5.74, 6) is 0. The van der Waals surface area contributed by atoms with Crippen LogP contribution in [-0.4, -0.2) is 4.57 Å². The lowest BCUT2D eigenvalue weighted by atomic mass is 10.0. The first-order valence-corrected chi connectivity index (χ1v) is 9.20. The molecule has 1 nitrogen and oxygen atoms in total. The molecule has 0 radical (unpaired) electrons. The molecule has 1 heteroatoms. The molecule has 0 aliphatic heterocycles. The minimum atomic E-state index is 1.10. The first-order valence-electron chi connectivity index (χ1n) is 9.20. The molecule has 0 atom stereocenters. The highest BCUT2D eigenvalue weighted by atomic mass is 15.0. The van der Waals surface area contributed by atoms with Crippen molar-refractivity contribution in [3.05, 3.63) is 84.1 Å². The van der Waals surface area contributed by atoms with Gasteiger partial charge in [0, 0.05) is 22.0 Å². The van der Waals surface area contributed by atoms with Crippen LogP contribution in [0.5, 0.6) is 0 Å². The molecule has 4 aromatic rings. The maximum Gasteiger partial charge on any atom is 0.0537 e. The normalized spacial score (nSPS) is 12.7. The highest BCUT2D eigenvalue weighted by molar-refractivity contribution is 5.97. The molecule has 124 valence electrons. The molecule has 3 aromatic carbocycles. The van der Waals surface area contributed by atoms with Crippen molar-refractivity contribution < 1.29 is 0 Å². The summed E-state index contributed by atoms with van der Waals surface area (Å²) in [7, 11) is 0. The maximum absolute atomic E-state index is 2.47. The second-order valence-electron chi connectivity index (χ2n) is 6.15. The summed E-state index contributed by atoms with van der Waals surface area (Å²) in [6.07, 6.45) is 6.81. The Balaban J connectivity index is 0.000000758. The van der Waals surface area contributed by atoms with Crippen molar-refractivity contribution in [3.8, 4) is 5.69 Å². The van der Waals surface area contributed by atoms with Crippen LogP contribution in [0.15, 0.2) is 72.8 Å². The summed E-state index contributed by atoms with van der Waals surface area (Å²) in [6.45, 7) is 4.00. The summed E-state index contributed by atoms with van der Waals surface area (Å²) in [5.41, 5.74) is 5.42. The van der Waals surface area contributed by atoms with Gasteiger partial charge in [0.05, 0.1) is 11.2 Å². The fourth-order valence-corrected chi connectivity index (χ4v) is 3.85. The highest BCUT2D eigenvalue weighted by Gasteiger charge is 2.18. The van der Waals surface area contributed by atoms with E-state index in [4.69, 9.17) is 0 Å². The van der Waals surface area contributed by atoms with Gasteiger partial charge in [-0.25, -0.2) is 0 Å². The van der Waals surface area contributed by atoms with Crippen LogP contribution in [0.4, 0.5) is 0 Å². The molecule has 0 unspecified atom stereocenters. The third kappa shape index (κ3) is 2.47. The van der Waals surface area contributed by atoms with Crippen molar-refractivity contribution in [2.24, 2.45) is 0 Å². The van der Waals surface area contributed by atoms with Gasteiger partial charge in [-0.2, -0.15) is 0 Å². The van der Waals surface area contributed by atoms with E-state index in [9.17, 15) is 0 Å². The van der Waals surface area contributed by atoms with E-state index in [1.54, 1.807) is 0 Å². The zero-order chi connectivity index (χ0) is 17.2. The van der Waals surface area contributed by atoms with Crippen LogP contribution >= 0.6 is 0 Å². The first-order chi connectivity index (χ1) is 12.4. The van der Waals surface area contributed by atoms with E-state index in [0.717, 1.165) is 12.8 Å². The van der Waals surface area contributed by atoms with Crippen LogP contribution in [0, 0.1) is 0 Å². The van der Waals surface area contributed by atoms with Crippen LogP contribution in [0.1, 0.15) is 31.5 Å². The molecule has 0 amide bonds. The Morgan fingerprint density at radius 1 is 0.760 bits per heavy atom. The number of hydrogen-bond donors (Lipinski definition) is 0. The fourth-order valence-electron chi connectivity index (χ4n) is 3.85. The van der Waals surface area contributed by atoms with Crippen molar-refractivity contribution in [2.45, 2.75) is 26.7 Å². The SMILES string of the molecule is C1=Cc2c(n(-c3cccc4ccccc34)c3ccccc23)CC1.CC. The number of rotatable bonds is 1. The van der Waals surface area contributed by atoms with Crippen LogP contribution in [-0.2, 0) is 6.42 Å². The number of benzene rings is 3. The average molecular weight is 325 g/mol. The van der Waals surface area contributed by atoms with Gasteiger partial charge < -0.3 is 4.57 Å². The zero-order valence-electron chi connectivity index (χ0n) is 14.9. The molecular formula is C24H23N. The average Bonchev–Trinajstić information content (AvgIpc) is 3.04. The Hall–Kier alpha value is -2.80. The molecule has 1 aromatic heterocycles. The molecule has 0 fully saturated rings. The lowest BCUT2D eigenvalue weighted by Gasteiger charge is -2.15. The van der Waals surface area contributed by atoms with Crippen LogP contribution in [0.25, 0.3) is 33.4 Å². The molecule has 0 spiro atoms. The Kier molecular flexibility index (Phi) is 4.15. The number of nitrogens with zero attached hydrogens (tertiary/aromatic N) is 1. The summed E-state index contributed by atoms with van der Waals surface area (Å²) in [4.78, 5) is 0. The van der Waals surface area contributed by atoms with Gasteiger partial charge in [-0.05, 0) is 30.4 Å². The molecule has 0 N–H and O–H groups in total. The van der Waals surface area contributed by atoms with Crippen molar-refractivity contribution in [2.75, 3.05) is 0 Å². The largest absolute Gasteiger partial charge is 0.312 e. The van der Waals surface area contributed by atoms with Gasteiger partial charge in [0.15, 0.2) is 0 Å². The third-order valence-corrected chi connectivity index (χ3v) is 4.86. The first kappa shape index (κ1) is 15.7. The molecule has 1 aliphatic carbocycles. The molecule has 5 rings (SSSR count). The number of fused-ring (bicyclic) bond motifs is 4. The van der Waals surface area contributed by atoms with E-state index >= 15 is 0 Å². The standard InChI is InChI=1S/C22H17N.C2H6/c1-2-10-17-16(8-1)9-7-15-20(17)23-21-13-5-3-11-18(21)19-12-4-6-14-22(19)23;1-2/h1-5,7-13,15H,6,14H2;1-2H3. The number of hydrogen-bond acceptors (Lipinski definition) is 0. The predicted molar refractivity (Wildman–Crippen MR) is 109 cm³/mol. The van der Waals surface area contributed by atoms with Gasteiger partial charge >= 0.3 is 0 Å². The summed E-state index contributed by atoms with van der Waals surface area (Å²) < 4.78 is 2.47. The Morgan fingerprint density at radius 2 is 1.48 bits per heavy atom. The molecule has 0 saturated heterocycles. The third-order valence-electron chi connectivity index (χ3n) is 4.86. The van der Waals surface area contributed by atoms with Gasteiger partial charge in [0.1, 0.15) is 0 Å². The Bertz CT molecular complexity index is 1060. The monoisotopic (exact) mass is 325 g/mol. The molecule has 0 saturated carbocycles. The molecule has 0 bridgehead atoms. The molecule has 1 heterocycles. The highest BCUT2D eigenvalue weighted by Crippen LogP contribution is 2.35. The number of aromatic nitrogens is 1. The zero-order valence-corrected chi connectivity index (χ0v) is 14.9. The van der Waals surface area contributed by atoms with E-state index < -0.39 is 0 Å². The quantitative estimate of drug-likeness (QED) is 0.364. The lowest BCUT2D eigenvalue weighted by Crippen LogP contribution is -2.03. The minimum Gasteiger partial charge on any atom is -0.312 e. The Morgan fingerprint density at radius 3 is 2.36 bits per heavy atom. The number of para-hydroxylation sites is 1. The van der Waals surface area contributed by atoms with Crippen molar-refractivity contribution in [3.63, 3.8) is 0 Å². The molecule has 1 aliphatic rings. The van der Waals surface area contributed by atoms with Gasteiger partial charge in [0.25, 0.3) is 0 Å². The lowest BCUT2D eigenvalue weighted by molar-refractivity contribution is 0.892. The summed E-state index contributed by atoms with van der Waals surface area (Å²) in [5, 5.41) is 3.96. The van der Waals surface area contributed by atoms with Gasteiger partial charge in [-0.15, -0.1) is 0 Å². The van der Waals surface area contributed by atoms with Crippen molar-refractivity contribution in [1.29, 1.82) is 0 Å². The topological polar surface area (TPSA) is 4.93 Å². The van der Waals surface area contributed by atoms with E-state index in [2.05, 4.69) is 83.4 Å². The van der Waals surface area contributed by atoms with E-state index in [-0.39, 0.29) is 0 Å². The van der Waals surface area contributed by atoms with Crippen LogP contribution in [0.3, 0.4) is 0 Å². The van der Waals surface area contributed by atoms with Gasteiger partial charge in [-0.1, -0.05) is 80.6 Å². The van der Waals surface area contributed by atoms with Crippen molar-refractivity contribution in [1.82, 2.24) is 4.57 Å². The fraction of sp³-hybridized carbons (Fsp3) is 0.167. The minimum absolute atomic E-state index is 1.10. The smallest absolute Gasteiger partial charge is 0.0537 e. The summed E-state index contributed by atoms with van der Waals surface area (Å²) >= 11 is 0. The van der Waals surface area contributed by atoms with Crippen LogP contribution in [0.2, 0.25) is 0 Å². The number of allylic oxidation sites excluding steroid dienone is 1. The second kappa shape index (κ2) is 6.60. The van der Waals surface area contributed by atoms with Gasteiger partial charge in [0.2, 0.25) is 0 Å². The predicted octanol–water partition coefficient (Wildman–Crippen LogP) is 6.77. The maximum atomic E-state index is 2.47. The van der Waals surface area contributed by atoms with E-state index in [1.165, 1.54) is 38.6 Å². The molecule has 25 heavy (non-hydrogen) atoms. The van der Waals surface area contributed by atoms with E-state index in [0.29, 0.717) is 0 Å². The second-order valence-corrected chi connectivity index (χ2v) is 6.15. The van der Waals surface area contributed by atoms with E-state index in [1.807, 2.05) is 13.8 Å². The van der Waals surface area contributed by atoms with Crippen LogP contribution < -0.4 is 0 Å².